The fourth-order valence-electron chi connectivity index (χ4n) is 2.59. The van der Waals surface area contributed by atoms with Crippen LogP contribution in [0.4, 0.5) is 14.5 Å². The molecule has 1 aromatic heterocycles. The Morgan fingerprint density at radius 3 is 2.52 bits per heavy atom. The number of nitrogens with one attached hydrogen (secondary N) is 1. The van der Waals surface area contributed by atoms with Crippen molar-refractivity contribution >= 4 is 28.5 Å². The summed E-state index contributed by atoms with van der Waals surface area (Å²) in [6.45, 7) is 1.66. The van der Waals surface area contributed by atoms with Crippen LogP contribution in [0.1, 0.15) is 5.56 Å². The first-order chi connectivity index (χ1) is 12.8. The fraction of sp³-hybridized carbons (Fsp3) is 0.211. The van der Waals surface area contributed by atoms with Gasteiger partial charge >= 0.3 is 0 Å². The molecule has 0 radical (unpaired) electrons. The molecule has 0 aliphatic rings. The maximum atomic E-state index is 13.4. The number of benzene rings is 2. The number of amides is 2. The number of imidazole rings is 1. The number of carbonyl (C=O) groups excluding carboxylic acids is 2. The quantitative estimate of drug-likeness (QED) is 0.749. The zero-order valence-corrected chi connectivity index (χ0v) is 14.9. The van der Waals surface area contributed by atoms with Gasteiger partial charge in [-0.15, -0.1) is 0 Å². The van der Waals surface area contributed by atoms with E-state index >= 15 is 0 Å². The van der Waals surface area contributed by atoms with Crippen LogP contribution in [-0.4, -0.2) is 39.9 Å². The molecule has 3 rings (SSSR count). The summed E-state index contributed by atoms with van der Waals surface area (Å²) in [6, 6.07) is 9.27. The van der Waals surface area contributed by atoms with Crippen molar-refractivity contribution < 1.29 is 18.4 Å². The summed E-state index contributed by atoms with van der Waals surface area (Å²) in [4.78, 5) is 29.7. The minimum absolute atomic E-state index is 0.137. The number of anilines is 1. The minimum Gasteiger partial charge on any atom is -0.335 e. The summed E-state index contributed by atoms with van der Waals surface area (Å²) in [5, 5.41) is 2.71. The molecule has 0 fully saturated rings. The lowest BCUT2D eigenvalue weighted by atomic mass is 10.2. The number of aryl methyl sites for hydroxylation is 1. The molecule has 0 unspecified atom stereocenters. The highest BCUT2D eigenvalue weighted by Gasteiger charge is 2.16. The van der Waals surface area contributed by atoms with Gasteiger partial charge in [-0.2, -0.15) is 0 Å². The van der Waals surface area contributed by atoms with E-state index in [0.29, 0.717) is 11.2 Å². The van der Waals surface area contributed by atoms with Gasteiger partial charge in [-0.1, -0.05) is 17.7 Å². The Bertz CT molecular complexity index is 999. The van der Waals surface area contributed by atoms with E-state index in [2.05, 4.69) is 10.3 Å². The van der Waals surface area contributed by atoms with E-state index in [9.17, 15) is 18.4 Å². The first-order valence-corrected chi connectivity index (χ1v) is 8.24. The highest BCUT2D eigenvalue weighted by atomic mass is 19.2. The Hall–Kier alpha value is -3.29. The maximum Gasteiger partial charge on any atom is 0.243 e. The zero-order chi connectivity index (χ0) is 19.6. The highest BCUT2D eigenvalue weighted by molar-refractivity contribution is 5.94. The maximum absolute atomic E-state index is 13.4. The van der Waals surface area contributed by atoms with Crippen LogP contribution in [0, 0.1) is 18.6 Å². The molecule has 0 bridgehead atoms. The van der Waals surface area contributed by atoms with Crippen LogP contribution >= 0.6 is 0 Å². The van der Waals surface area contributed by atoms with E-state index in [0.717, 1.165) is 17.7 Å². The Morgan fingerprint density at radius 1 is 1.15 bits per heavy atom. The van der Waals surface area contributed by atoms with Crippen LogP contribution in [0.15, 0.2) is 42.7 Å². The summed E-state index contributed by atoms with van der Waals surface area (Å²) in [5.74, 6) is -2.71. The molecule has 1 heterocycles. The molecule has 140 valence electrons. The van der Waals surface area contributed by atoms with Crippen molar-refractivity contribution in [2.45, 2.75) is 13.5 Å². The predicted molar refractivity (Wildman–Crippen MR) is 97.1 cm³/mol. The number of halogens is 2. The molecule has 0 saturated heterocycles. The number of carbonyl (C=O) groups is 2. The SMILES string of the molecule is Cc1ccc(NC(=O)CN(C)C(=O)Cn2cnc3cc(F)c(F)cc32)cc1. The van der Waals surface area contributed by atoms with E-state index in [1.807, 2.05) is 19.1 Å². The molecule has 0 atom stereocenters. The minimum atomic E-state index is -1.01. The van der Waals surface area contributed by atoms with Crippen molar-refractivity contribution in [3.63, 3.8) is 0 Å². The first kappa shape index (κ1) is 18.5. The van der Waals surface area contributed by atoms with Gasteiger partial charge in [-0.25, -0.2) is 13.8 Å². The molecule has 0 aliphatic heterocycles. The zero-order valence-electron chi connectivity index (χ0n) is 14.9. The summed E-state index contributed by atoms with van der Waals surface area (Å²) < 4.78 is 28.1. The second kappa shape index (κ2) is 7.53. The standard InChI is InChI=1S/C19H18F2N4O2/c1-12-3-5-13(6-4-12)23-18(26)9-24(2)19(27)10-25-11-22-16-7-14(20)15(21)8-17(16)25/h3-8,11H,9-10H2,1-2H3,(H,23,26). The second-order valence-corrected chi connectivity index (χ2v) is 6.29. The van der Waals surface area contributed by atoms with Crippen LogP contribution in [0.2, 0.25) is 0 Å². The normalized spacial score (nSPS) is 10.8. The van der Waals surface area contributed by atoms with Crippen molar-refractivity contribution in [2.75, 3.05) is 18.9 Å². The molecular weight excluding hydrogens is 354 g/mol. The van der Waals surface area contributed by atoms with Crippen LogP contribution in [0.5, 0.6) is 0 Å². The van der Waals surface area contributed by atoms with E-state index in [-0.39, 0.29) is 30.4 Å². The van der Waals surface area contributed by atoms with Crippen LogP contribution in [0.25, 0.3) is 11.0 Å². The number of hydrogen-bond donors (Lipinski definition) is 1. The fourth-order valence-corrected chi connectivity index (χ4v) is 2.59. The molecule has 3 aromatic rings. The smallest absolute Gasteiger partial charge is 0.243 e. The Labute approximate surface area is 154 Å². The predicted octanol–water partition coefficient (Wildman–Crippen LogP) is 2.72. The Balaban J connectivity index is 1.63. The molecule has 6 nitrogen and oxygen atoms in total. The number of likely N-dealkylation sites (N-methyl/N-ethyl adjacent to an activating group) is 1. The summed E-state index contributed by atoms with van der Waals surface area (Å²) in [5.41, 5.74) is 2.27. The lowest BCUT2D eigenvalue weighted by molar-refractivity contribution is -0.133. The van der Waals surface area contributed by atoms with Gasteiger partial charge in [0.1, 0.15) is 6.54 Å². The van der Waals surface area contributed by atoms with E-state index in [1.165, 1.54) is 22.8 Å². The highest BCUT2D eigenvalue weighted by Crippen LogP contribution is 2.17. The molecule has 0 spiro atoms. The number of nitrogens with zero attached hydrogens (tertiary/aromatic N) is 3. The molecule has 8 heteroatoms. The van der Waals surface area contributed by atoms with Gasteiger partial charge in [0.2, 0.25) is 11.8 Å². The molecule has 1 N–H and O–H groups in total. The lowest BCUT2D eigenvalue weighted by Gasteiger charge is -2.17. The molecular formula is C19H18F2N4O2. The third kappa shape index (κ3) is 4.28. The topological polar surface area (TPSA) is 67.2 Å². The van der Waals surface area contributed by atoms with Crippen molar-refractivity contribution in [1.82, 2.24) is 14.5 Å². The van der Waals surface area contributed by atoms with Crippen molar-refractivity contribution in [3.8, 4) is 0 Å². The Kier molecular flexibility index (Phi) is 5.16. The molecule has 0 saturated carbocycles. The average Bonchev–Trinajstić information content (AvgIpc) is 2.99. The van der Waals surface area contributed by atoms with Gasteiger partial charge in [-0.3, -0.25) is 9.59 Å². The molecule has 2 amide bonds. The second-order valence-electron chi connectivity index (χ2n) is 6.29. The number of hydrogen-bond acceptors (Lipinski definition) is 3. The average molecular weight is 372 g/mol. The summed E-state index contributed by atoms with van der Waals surface area (Å²) in [7, 11) is 1.50. The van der Waals surface area contributed by atoms with Gasteiger partial charge in [0, 0.05) is 24.9 Å². The van der Waals surface area contributed by atoms with Crippen molar-refractivity contribution in [2.24, 2.45) is 0 Å². The van der Waals surface area contributed by atoms with E-state index < -0.39 is 11.6 Å². The molecule has 0 aliphatic carbocycles. The van der Waals surface area contributed by atoms with Crippen LogP contribution in [-0.2, 0) is 16.1 Å². The van der Waals surface area contributed by atoms with Gasteiger partial charge in [-0.05, 0) is 19.1 Å². The number of fused-ring (bicyclic) bond motifs is 1. The van der Waals surface area contributed by atoms with Crippen LogP contribution in [0.3, 0.4) is 0 Å². The monoisotopic (exact) mass is 372 g/mol. The largest absolute Gasteiger partial charge is 0.335 e. The third-order valence-electron chi connectivity index (χ3n) is 4.11. The third-order valence-corrected chi connectivity index (χ3v) is 4.11. The van der Waals surface area contributed by atoms with Crippen molar-refractivity contribution in [3.05, 3.63) is 59.9 Å². The van der Waals surface area contributed by atoms with E-state index in [4.69, 9.17) is 0 Å². The van der Waals surface area contributed by atoms with Crippen LogP contribution < -0.4 is 5.32 Å². The Morgan fingerprint density at radius 2 is 1.81 bits per heavy atom. The van der Waals surface area contributed by atoms with Gasteiger partial charge < -0.3 is 14.8 Å². The van der Waals surface area contributed by atoms with E-state index in [1.54, 1.807) is 12.1 Å². The van der Waals surface area contributed by atoms with Gasteiger partial charge in [0.05, 0.1) is 23.9 Å². The van der Waals surface area contributed by atoms with Gasteiger partial charge in [0.15, 0.2) is 11.6 Å². The number of aromatic nitrogens is 2. The summed E-state index contributed by atoms with van der Waals surface area (Å²) in [6.07, 6.45) is 1.33. The summed E-state index contributed by atoms with van der Waals surface area (Å²) >= 11 is 0. The lowest BCUT2D eigenvalue weighted by Crippen LogP contribution is -2.36. The molecule has 27 heavy (non-hydrogen) atoms. The molecule has 2 aromatic carbocycles. The van der Waals surface area contributed by atoms with Crippen molar-refractivity contribution in [1.29, 1.82) is 0 Å². The van der Waals surface area contributed by atoms with Gasteiger partial charge in [0.25, 0.3) is 0 Å². The first-order valence-electron chi connectivity index (χ1n) is 8.24. The number of rotatable bonds is 5.